The third-order valence-corrected chi connectivity index (χ3v) is 5.56. The van der Waals surface area contributed by atoms with Crippen molar-refractivity contribution in [3.8, 4) is 0 Å². The van der Waals surface area contributed by atoms with Crippen LogP contribution in [-0.4, -0.2) is 37.0 Å². The van der Waals surface area contributed by atoms with Crippen LogP contribution in [0.5, 0.6) is 0 Å². The Hall–Kier alpha value is -0.280. The second-order valence-corrected chi connectivity index (χ2v) is 6.82. The predicted octanol–water partition coefficient (Wildman–Crippen LogP) is 3.62. The van der Waals surface area contributed by atoms with Crippen molar-refractivity contribution in [2.24, 2.45) is 11.8 Å². The Bertz CT molecular complexity index is 297. The van der Waals surface area contributed by atoms with Crippen molar-refractivity contribution < 1.29 is 4.79 Å². The highest BCUT2D eigenvalue weighted by molar-refractivity contribution is 5.85. The molecule has 1 saturated heterocycles. The molecule has 1 N–H and O–H groups in total. The molecule has 2 fully saturated rings. The zero-order valence-electron chi connectivity index (χ0n) is 13.8. The maximum atomic E-state index is 12.3. The molecule has 0 aromatic rings. The van der Waals surface area contributed by atoms with Gasteiger partial charge in [0.2, 0.25) is 5.91 Å². The lowest BCUT2D eigenvalue weighted by atomic mass is 9.84. The maximum Gasteiger partial charge on any atom is 0.222 e. The van der Waals surface area contributed by atoms with Crippen LogP contribution in [0.2, 0.25) is 0 Å². The number of rotatable bonds is 5. The Morgan fingerprint density at radius 1 is 1.05 bits per heavy atom. The van der Waals surface area contributed by atoms with E-state index in [1.54, 1.807) is 0 Å². The molecule has 0 bridgehead atoms. The Kier molecular flexibility index (Phi) is 8.65. The number of hydrogen-bond acceptors (Lipinski definition) is 2. The summed E-state index contributed by atoms with van der Waals surface area (Å²) in [7, 11) is 2.03. The minimum atomic E-state index is 0. The van der Waals surface area contributed by atoms with Crippen molar-refractivity contribution >= 4 is 18.3 Å². The average Bonchev–Trinajstić information content (AvgIpc) is 2.53. The molecule has 0 aromatic carbocycles. The SMILES string of the molecule is CCC1CCC(N(C)C(=O)CCC2CCNCC2)CC1.Cl. The Balaban J connectivity index is 0.00000220. The van der Waals surface area contributed by atoms with E-state index in [-0.39, 0.29) is 12.4 Å². The molecular formula is C17H33ClN2O. The van der Waals surface area contributed by atoms with E-state index in [2.05, 4.69) is 17.1 Å². The van der Waals surface area contributed by atoms with E-state index < -0.39 is 0 Å². The Morgan fingerprint density at radius 3 is 2.24 bits per heavy atom. The quantitative estimate of drug-likeness (QED) is 0.840. The minimum Gasteiger partial charge on any atom is -0.343 e. The van der Waals surface area contributed by atoms with Gasteiger partial charge in [-0.1, -0.05) is 13.3 Å². The fourth-order valence-electron chi connectivity index (χ4n) is 3.82. The number of hydrogen-bond donors (Lipinski definition) is 1. The maximum absolute atomic E-state index is 12.3. The first-order valence-corrected chi connectivity index (χ1v) is 8.67. The predicted molar refractivity (Wildman–Crippen MR) is 90.9 cm³/mol. The molecule has 0 atom stereocenters. The molecule has 0 spiro atoms. The lowest BCUT2D eigenvalue weighted by Crippen LogP contribution is -2.39. The van der Waals surface area contributed by atoms with Crippen molar-refractivity contribution in [1.82, 2.24) is 10.2 Å². The smallest absolute Gasteiger partial charge is 0.222 e. The van der Waals surface area contributed by atoms with E-state index in [0.717, 1.165) is 37.8 Å². The van der Waals surface area contributed by atoms with E-state index in [0.29, 0.717) is 11.9 Å². The fourth-order valence-corrected chi connectivity index (χ4v) is 3.82. The molecule has 124 valence electrons. The van der Waals surface area contributed by atoms with Crippen molar-refractivity contribution in [1.29, 1.82) is 0 Å². The molecule has 2 aliphatic rings. The summed E-state index contributed by atoms with van der Waals surface area (Å²) < 4.78 is 0. The van der Waals surface area contributed by atoms with E-state index in [1.807, 2.05) is 7.05 Å². The van der Waals surface area contributed by atoms with E-state index in [1.165, 1.54) is 44.9 Å². The second-order valence-electron chi connectivity index (χ2n) is 6.82. The van der Waals surface area contributed by atoms with Gasteiger partial charge in [0.05, 0.1) is 0 Å². The molecule has 4 heteroatoms. The van der Waals surface area contributed by atoms with Gasteiger partial charge >= 0.3 is 0 Å². The van der Waals surface area contributed by atoms with Crippen molar-refractivity contribution in [3.63, 3.8) is 0 Å². The van der Waals surface area contributed by atoms with Crippen molar-refractivity contribution in [3.05, 3.63) is 0 Å². The summed E-state index contributed by atoms with van der Waals surface area (Å²) in [5.41, 5.74) is 0. The first-order chi connectivity index (χ1) is 9.70. The third kappa shape index (κ3) is 5.78. The van der Waals surface area contributed by atoms with Gasteiger partial charge in [-0.25, -0.2) is 0 Å². The van der Waals surface area contributed by atoms with Crippen molar-refractivity contribution in [2.45, 2.75) is 70.8 Å². The van der Waals surface area contributed by atoms with Gasteiger partial charge in [-0.2, -0.15) is 0 Å². The second kappa shape index (κ2) is 9.68. The van der Waals surface area contributed by atoms with Gasteiger partial charge in [-0.3, -0.25) is 4.79 Å². The monoisotopic (exact) mass is 316 g/mol. The largest absolute Gasteiger partial charge is 0.343 e. The van der Waals surface area contributed by atoms with Crippen LogP contribution in [0, 0.1) is 11.8 Å². The Morgan fingerprint density at radius 2 is 1.67 bits per heavy atom. The molecule has 2 rings (SSSR count). The summed E-state index contributed by atoms with van der Waals surface area (Å²) in [6, 6.07) is 0.512. The summed E-state index contributed by atoms with van der Waals surface area (Å²) in [6.07, 6.45) is 10.7. The van der Waals surface area contributed by atoms with E-state index in [4.69, 9.17) is 0 Å². The number of piperidine rings is 1. The number of carbonyl (C=O) groups excluding carboxylic acids is 1. The van der Waals surface area contributed by atoms with Crippen LogP contribution < -0.4 is 5.32 Å². The zero-order valence-corrected chi connectivity index (χ0v) is 14.6. The summed E-state index contributed by atoms with van der Waals surface area (Å²) >= 11 is 0. The molecule has 3 nitrogen and oxygen atoms in total. The van der Waals surface area contributed by atoms with Gasteiger partial charge in [0.15, 0.2) is 0 Å². The molecule has 1 heterocycles. The Labute approximate surface area is 136 Å². The van der Waals surface area contributed by atoms with Crippen LogP contribution >= 0.6 is 12.4 Å². The normalized spacial score (nSPS) is 27.0. The highest BCUT2D eigenvalue weighted by Crippen LogP contribution is 2.29. The van der Waals surface area contributed by atoms with Crippen LogP contribution in [0.1, 0.15) is 64.7 Å². The first kappa shape index (κ1) is 18.8. The topological polar surface area (TPSA) is 32.3 Å². The molecule has 1 aliphatic heterocycles. The van der Waals surface area contributed by atoms with E-state index >= 15 is 0 Å². The van der Waals surface area contributed by atoms with E-state index in [9.17, 15) is 4.79 Å². The highest BCUT2D eigenvalue weighted by Gasteiger charge is 2.26. The lowest BCUT2D eigenvalue weighted by molar-refractivity contribution is -0.133. The van der Waals surface area contributed by atoms with Gasteiger partial charge in [0.25, 0.3) is 0 Å². The van der Waals surface area contributed by atoms with Crippen LogP contribution in [-0.2, 0) is 4.79 Å². The third-order valence-electron chi connectivity index (χ3n) is 5.56. The summed E-state index contributed by atoms with van der Waals surface area (Å²) in [4.78, 5) is 14.4. The molecule has 1 saturated carbocycles. The van der Waals surface area contributed by atoms with Gasteiger partial charge in [0, 0.05) is 19.5 Å². The standard InChI is InChI=1S/C17H32N2O.ClH/c1-3-14-4-7-16(8-5-14)19(2)17(20)9-6-15-10-12-18-13-11-15;/h14-16,18H,3-13H2,1-2H3;1H. The zero-order chi connectivity index (χ0) is 14.4. The van der Waals surface area contributed by atoms with Crippen molar-refractivity contribution in [2.75, 3.05) is 20.1 Å². The number of carbonyl (C=O) groups is 1. The lowest BCUT2D eigenvalue weighted by Gasteiger charge is -2.35. The first-order valence-electron chi connectivity index (χ1n) is 8.67. The van der Waals surface area contributed by atoms with Gasteiger partial charge < -0.3 is 10.2 Å². The number of halogens is 1. The summed E-state index contributed by atoms with van der Waals surface area (Å²) in [6.45, 7) is 4.56. The number of nitrogens with zero attached hydrogens (tertiary/aromatic N) is 1. The molecule has 0 radical (unpaired) electrons. The molecular weight excluding hydrogens is 284 g/mol. The summed E-state index contributed by atoms with van der Waals surface area (Å²) in [5.74, 6) is 2.05. The molecule has 21 heavy (non-hydrogen) atoms. The van der Waals surface area contributed by atoms with Crippen LogP contribution in [0.25, 0.3) is 0 Å². The van der Waals surface area contributed by atoms with Crippen LogP contribution in [0.3, 0.4) is 0 Å². The minimum absolute atomic E-state index is 0. The fraction of sp³-hybridized carbons (Fsp3) is 0.941. The number of nitrogens with one attached hydrogen (secondary N) is 1. The number of amides is 1. The van der Waals surface area contributed by atoms with Crippen LogP contribution in [0.15, 0.2) is 0 Å². The molecule has 1 aliphatic carbocycles. The molecule has 0 unspecified atom stereocenters. The van der Waals surface area contributed by atoms with Gasteiger partial charge in [0.1, 0.15) is 0 Å². The summed E-state index contributed by atoms with van der Waals surface area (Å²) in [5, 5.41) is 3.39. The van der Waals surface area contributed by atoms with Gasteiger partial charge in [-0.15, -0.1) is 12.4 Å². The van der Waals surface area contributed by atoms with Crippen LogP contribution in [0.4, 0.5) is 0 Å². The van der Waals surface area contributed by atoms with Gasteiger partial charge in [-0.05, 0) is 69.9 Å². The average molecular weight is 317 g/mol. The molecule has 0 aromatic heterocycles. The highest BCUT2D eigenvalue weighted by atomic mass is 35.5. The molecule has 1 amide bonds.